The monoisotopic (exact) mass is 394 g/mol. The van der Waals surface area contributed by atoms with Gasteiger partial charge in [0.1, 0.15) is 0 Å². The molecule has 0 saturated heterocycles. The van der Waals surface area contributed by atoms with Crippen molar-refractivity contribution in [1.82, 2.24) is 4.98 Å². The van der Waals surface area contributed by atoms with Crippen molar-refractivity contribution in [3.8, 4) is 11.3 Å². The second-order valence-corrected chi connectivity index (χ2v) is 7.79. The Morgan fingerprint density at radius 1 is 1.20 bits per heavy atom. The highest BCUT2D eigenvalue weighted by atomic mass is 35.5. The molecule has 1 N–H and O–H groups in total. The molecule has 2 aromatic carbocycles. The maximum Gasteiger partial charge on any atom is 0.214 e. The van der Waals surface area contributed by atoms with E-state index in [2.05, 4.69) is 10.3 Å². The predicted molar refractivity (Wildman–Crippen MR) is 103 cm³/mol. The number of nitrogens with zero attached hydrogens (tertiary/aromatic N) is 1. The van der Waals surface area contributed by atoms with Crippen molar-refractivity contribution in [3.05, 3.63) is 70.2 Å². The lowest BCUT2D eigenvalue weighted by molar-refractivity contribution is 0.516. The Balaban J connectivity index is 1.71. The zero-order valence-corrected chi connectivity index (χ0v) is 15.8. The molecule has 0 saturated carbocycles. The number of halogens is 2. The average Bonchev–Trinajstić information content (AvgIpc) is 3.04. The van der Waals surface area contributed by atoms with E-state index in [9.17, 15) is 4.21 Å². The average molecular weight is 395 g/mol. The van der Waals surface area contributed by atoms with Gasteiger partial charge in [-0.15, -0.1) is 0 Å². The lowest BCUT2D eigenvalue weighted by Crippen LogP contribution is -2.01. The van der Waals surface area contributed by atoms with Crippen LogP contribution >= 0.6 is 23.2 Å². The van der Waals surface area contributed by atoms with E-state index in [-0.39, 0.29) is 0 Å². The molecule has 0 aliphatic rings. The van der Waals surface area contributed by atoms with Gasteiger partial charge in [-0.3, -0.25) is 4.21 Å². The second kappa shape index (κ2) is 8.04. The van der Waals surface area contributed by atoms with Crippen LogP contribution in [-0.4, -0.2) is 15.4 Å². The third kappa shape index (κ3) is 4.84. The predicted octanol–water partition coefficient (Wildman–Crippen LogP) is 5.14. The molecule has 130 valence electrons. The molecule has 1 aromatic heterocycles. The van der Waals surface area contributed by atoms with E-state index in [1.54, 1.807) is 18.5 Å². The SMILES string of the molecule is C[S@](=O)Cc1ccc(Cl)c(NCc2ncc(-c3cccc(Cl)c3)o2)c1. The molecule has 0 unspecified atom stereocenters. The Bertz CT molecular complexity index is 912. The molecule has 3 rings (SSSR count). The maximum atomic E-state index is 11.4. The smallest absolute Gasteiger partial charge is 0.214 e. The van der Waals surface area contributed by atoms with Crippen LogP contribution < -0.4 is 5.32 Å². The van der Waals surface area contributed by atoms with Crippen LogP contribution in [0, 0.1) is 0 Å². The maximum absolute atomic E-state index is 11.4. The molecule has 0 spiro atoms. The van der Waals surface area contributed by atoms with Crippen molar-refractivity contribution in [3.63, 3.8) is 0 Å². The summed E-state index contributed by atoms with van der Waals surface area (Å²) >= 11 is 12.2. The van der Waals surface area contributed by atoms with Crippen molar-refractivity contribution in [2.45, 2.75) is 12.3 Å². The third-order valence-corrected chi connectivity index (χ3v) is 4.80. The first-order chi connectivity index (χ1) is 12.0. The number of benzene rings is 2. The number of anilines is 1. The van der Waals surface area contributed by atoms with E-state index < -0.39 is 10.8 Å². The Morgan fingerprint density at radius 2 is 2.04 bits per heavy atom. The summed E-state index contributed by atoms with van der Waals surface area (Å²) < 4.78 is 17.1. The van der Waals surface area contributed by atoms with Crippen LogP contribution in [0.5, 0.6) is 0 Å². The van der Waals surface area contributed by atoms with Gasteiger partial charge in [0.2, 0.25) is 5.89 Å². The normalized spacial score (nSPS) is 12.1. The zero-order valence-electron chi connectivity index (χ0n) is 13.5. The van der Waals surface area contributed by atoms with Gasteiger partial charge in [-0.05, 0) is 29.8 Å². The topological polar surface area (TPSA) is 55.1 Å². The fourth-order valence-corrected chi connectivity index (χ4v) is 3.39. The summed E-state index contributed by atoms with van der Waals surface area (Å²) in [4.78, 5) is 4.27. The molecule has 7 heteroatoms. The lowest BCUT2D eigenvalue weighted by Gasteiger charge is -2.08. The standard InChI is InChI=1S/C18H16Cl2N2O2S/c1-25(23)11-12-5-6-15(20)16(7-12)21-10-18-22-9-17(24-18)13-3-2-4-14(19)8-13/h2-9,21H,10-11H2,1H3/t25-/m0/s1. The minimum atomic E-state index is -0.904. The highest BCUT2D eigenvalue weighted by Gasteiger charge is 2.09. The third-order valence-electron chi connectivity index (χ3n) is 3.49. The Labute approximate surface area is 158 Å². The highest BCUT2D eigenvalue weighted by molar-refractivity contribution is 7.83. The van der Waals surface area contributed by atoms with Crippen LogP contribution in [0.1, 0.15) is 11.5 Å². The summed E-state index contributed by atoms with van der Waals surface area (Å²) in [6.45, 7) is 0.388. The van der Waals surface area contributed by atoms with Crippen LogP contribution in [-0.2, 0) is 23.1 Å². The number of hydrogen-bond donors (Lipinski definition) is 1. The summed E-state index contributed by atoms with van der Waals surface area (Å²) in [5.74, 6) is 1.68. The van der Waals surface area contributed by atoms with Crippen LogP contribution in [0.3, 0.4) is 0 Å². The van der Waals surface area contributed by atoms with E-state index in [1.807, 2.05) is 36.4 Å². The Kier molecular flexibility index (Phi) is 5.78. The van der Waals surface area contributed by atoms with Crippen LogP contribution in [0.25, 0.3) is 11.3 Å². The van der Waals surface area contributed by atoms with Gasteiger partial charge in [0.15, 0.2) is 5.76 Å². The first-order valence-corrected chi connectivity index (χ1v) is 10.0. The zero-order chi connectivity index (χ0) is 17.8. The molecule has 0 fully saturated rings. The number of aromatic nitrogens is 1. The van der Waals surface area contributed by atoms with E-state index >= 15 is 0 Å². The molecule has 1 atom stereocenters. The van der Waals surface area contributed by atoms with Gasteiger partial charge in [0.05, 0.1) is 23.5 Å². The summed E-state index contributed by atoms with van der Waals surface area (Å²) in [7, 11) is -0.904. The second-order valence-electron chi connectivity index (χ2n) is 5.51. The first-order valence-electron chi connectivity index (χ1n) is 7.54. The van der Waals surface area contributed by atoms with Crippen LogP contribution in [0.2, 0.25) is 10.0 Å². The van der Waals surface area contributed by atoms with E-state index in [0.29, 0.717) is 34.0 Å². The number of rotatable bonds is 6. The van der Waals surface area contributed by atoms with Crippen molar-refractivity contribution < 1.29 is 8.63 Å². The minimum absolute atomic E-state index is 0.388. The summed E-state index contributed by atoms with van der Waals surface area (Å²) in [6, 6.07) is 13.0. The molecule has 25 heavy (non-hydrogen) atoms. The molecule has 4 nitrogen and oxygen atoms in total. The van der Waals surface area contributed by atoms with Crippen molar-refractivity contribution in [1.29, 1.82) is 0 Å². The highest BCUT2D eigenvalue weighted by Crippen LogP contribution is 2.26. The summed E-state index contributed by atoms with van der Waals surface area (Å²) in [5, 5.41) is 4.44. The number of hydrogen-bond acceptors (Lipinski definition) is 4. The van der Waals surface area contributed by atoms with Gasteiger partial charge in [0.25, 0.3) is 0 Å². The van der Waals surface area contributed by atoms with Gasteiger partial charge < -0.3 is 9.73 Å². The summed E-state index contributed by atoms with van der Waals surface area (Å²) in [6.07, 6.45) is 3.34. The summed E-state index contributed by atoms with van der Waals surface area (Å²) in [5.41, 5.74) is 2.59. The molecule has 3 aromatic rings. The quantitative estimate of drug-likeness (QED) is 0.628. The van der Waals surface area contributed by atoms with E-state index in [0.717, 1.165) is 16.8 Å². The molecule has 0 aliphatic carbocycles. The fourth-order valence-electron chi connectivity index (χ4n) is 2.37. The van der Waals surface area contributed by atoms with Crippen molar-refractivity contribution in [2.75, 3.05) is 11.6 Å². The lowest BCUT2D eigenvalue weighted by atomic mass is 10.2. The van der Waals surface area contributed by atoms with Gasteiger partial charge in [-0.25, -0.2) is 4.98 Å². The first kappa shape index (κ1) is 18.0. The number of oxazole rings is 1. The largest absolute Gasteiger partial charge is 0.439 e. The molecular weight excluding hydrogens is 379 g/mol. The molecule has 0 bridgehead atoms. The van der Waals surface area contributed by atoms with E-state index in [4.69, 9.17) is 27.6 Å². The van der Waals surface area contributed by atoms with Gasteiger partial charge >= 0.3 is 0 Å². The van der Waals surface area contributed by atoms with Crippen LogP contribution in [0.4, 0.5) is 5.69 Å². The van der Waals surface area contributed by atoms with Gasteiger partial charge in [-0.2, -0.15) is 0 Å². The van der Waals surface area contributed by atoms with Gasteiger partial charge in [-0.1, -0.05) is 41.4 Å². The fraction of sp³-hybridized carbons (Fsp3) is 0.167. The molecule has 1 heterocycles. The number of nitrogens with one attached hydrogen (secondary N) is 1. The van der Waals surface area contributed by atoms with Crippen molar-refractivity contribution >= 4 is 39.7 Å². The Morgan fingerprint density at radius 3 is 2.80 bits per heavy atom. The molecule has 0 radical (unpaired) electrons. The van der Waals surface area contributed by atoms with E-state index in [1.165, 1.54) is 0 Å². The Hall–Kier alpha value is -1.82. The van der Waals surface area contributed by atoms with Crippen molar-refractivity contribution in [2.24, 2.45) is 0 Å². The minimum Gasteiger partial charge on any atom is -0.439 e. The molecule has 0 amide bonds. The molecule has 0 aliphatic heterocycles. The van der Waals surface area contributed by atoms with Gasteiger partial charge in [0, 0.05) is 33.4 Å². The molecular formula is C18H16Cl2N2O2S. The van der Waals surface area contributed by atoms with Crippen LogP contribution in [0.15, 0.2) is 53.1 Å².